The predicted molar refractivity (Wildman–Crippen MR) is 57.9 cm³/mol. The number of aliphatic hydroxyl groups excluding tert-OH is 1. The first-order valence-corrected chi connectivity index (χ1v) is 4.98. The fourth-order valence-corrected chi connectivity index (χ4v) is 1.55. The topological polar surface area (TPSA) is 29.5 Å². The van der Waals surface area contributed by atoms with E-state index in [0.717, 1.165) is 0 Å². The summed E-state index contributed by atoms with van der Waals surface area (Å²) in [6, 6.07) is 5.15. The molecule has 0 aliphatic carbocycles. The average Bonchev–Trinajstić information content (AvgIpc) is 2.20. The van der Waals surface area contributed by atoms with Gasteiger partial charge in [0.2, 0.25) is 0 Å². The van der Waals surface area contributed by atoms with Crippen molar-refractivity contribution in [1.29, 1.82) is 0 Å². The minimum absolute atomic E-state index is 0.314. The summed E-state index contributed by atoms with van der Waals surface area (Å²) in [5.74, 6) is 0. The largest absolute Gasteiger partial charge is 0.386 e. The Morgan fingerprint density at radius 3 is 2.57 bits per heavy atom. The van der Waals surface area contributed by atoms with Crippen molar-refractivity contribution in [3.63, 3.8) is 0 Å². The summed E-state index contributed by atoms with van der Waals surface area (Å²) in [6.07, 6.45) is -1.07. The molecule has 78 valence electrons. The van der Waals surface area contributed by atoms with Gasteiger partial charge >= 0.3 is 0 Å². The summed E-state index contributed by atoms with van der Waals surface area (Å²) in [7, 11) is 1.53. The standard InChI is InChI=1S/C10H12Cl2O2/c1-6(14-2)10(13)7-4-3-5-8(11)9(7)12/h3-6,10,13H,1-2H3. The van der Waals surface area contributed by atoms with Gasteiger partial charge in [-0.05, 0) is 13.0 Å². The second-order valence-electron chi connectivity index (χ2n) is 3.03. The Bertz CT molecular complexity index is 315. The summed E-state index contributed by atoms with van der Waals surface area (Å²) in [5, 5.41) is 10.6. The van der Waals surface area contributed by atoms with Crippen molar-refractivity contribution in [3.05, 3.63) is 33.8 Å². The second-order valence-corrected chi connectivity index (χ2v) is 3.81. The molecule has 0 fully saturated rings. The van der Waals surface area contributed by atoms with Crippen molar-refractivity contribution in [2.75, 3.05) is 7.11 Å². The molecule has 0 radical (unpaired) electrons. The van der Waals surface area contributed by atoms with Crippen LogP contribution in [0, 0.1) is 0 Å². The monoisotopic (exact) mass is 234 g/mol. The van der Waals surface area contributed by atoms with Crippen molar-refractivity contribution in [2.24, 2.45) is 0 Å². The van der Waals surface area contributed by atoms with E-state index in [-0.39, 0.29) is 6.10 Å². The number of halogens is 2. The molecule has 0 bridgehead atoms. The second kappa shape index (κ2) is 4.99. The smallest absolute Gasteiger partial charge is 0.106 e. The van der Waals surface area contributed by atoms with Gasteiger partial charge in [-0.15, -0.1) is 0 Å². The predicted octanol–water partition coefficient (Wildman–Crippen LogP) is 3.06. The van der Waals surface area contributed by atoms with Crippen molar-refractivity contribution < 1.29 is 9.84 Å². The summed E-state index contributed by atoms with van der Waals surface area (Å²) >= 11 is 11.8. The van der Waals surface area contributed by atoms with Gasteiger partial charge in [0.1, 0.15) is 6.10 Å². The van der Waals surface area contributed by atoms with Gasteiger partial charge in [0.05, 0.1) is 16.1 Å². The molecule has 2 nitrogen and oxygen atoms in total. The van der Waals surface area contributed by atoms with Crippen LogP contribution in [0.3, 0.4) is 0 Å². The summed E-state index contributed by atoms with van der Waals surface area (Å²) in [5.41, 5.74) is 0.591. The van der Waals surface area contributed by atoms with Crippen LogP contribution in [0.5, 0.6) is 0 Å². The van der Waals surface area contributed by atoms with Gasteiger partial charge in [0, 0.05) is 12.7 Å². The Morgan fingerprint density at radius 1 is 1.36 bits per heavy atom. The van der Waals surface area contributed by atoms with Crippen LogP contribution in [-0.2, 0) is 4.74 Å². The Labute approximate surface area is 93.4 Å². The van der Waals surface area contributed by atoms with Gasteiger partial charge in [0.25, 0.3) is 0 Å². The third-order valence-corrected chi connectivity index (χ3v) is 2.95. The molecule has 2 atom stereocenters. The van der Waals surface area contributed by atoms with Gasteiger partial charge in [-0.2, -0.15) is 0 Å². The number of hydrogen-bond acceptors (Lipinski definition) is 2. The van der Waals surface area contributed by atoms with E-state index in [1.807, 2.05) is 0 Å². The minimum Gasteiger partial charge on any atom is -0.386 e. The summed E-state index contributed by atoms with van der Waals surface area (Å²) in [6.45, 7) is 1.77. The number of rotatable bonds is 3. The third kappa shape index (κ3) is 2.39. The highest BCUT2D eigenvalue weighted by Gasteiger charge is 2.19. The maximum atomic E-state index is 9.83. The van der Waals surface area contributed by atoms with Gasteiger partial charge in [-0.1, -0.05) is 35.3 Å². The first-order valence-electron chi connectivity index (χ1n) is 4.22. The number of methoxy groups -OCH3 is 1. The van der Waals surface area contributed by atoms with Crippen LogP contribution in [0.4, 0.5) is 0 Å². The van der Waals surface area contributed by atoms with Crippen LogP contribution in [0.1, 0.15) is 18.6 Å². The van der Waals surface area contributed by atoms with Crippen LogP contribution >= 0.6 is 23.2 Å². The Balaban J connectivity index is 3.01. The molecule has 14 heavy (non-hydrogen) atoms. The molecule has 2 unspecified atom stereocenters. The fraction of sp³-hybridized carbons (Fsp3) is 0.400. The molecule has 1 rings (SSSR count). The zero-order valence-electron chi connectivity index (χ0n) is 8.00. The first kappa shape index (κ1) is 11.8. The molecular weight excluding hydrogens is 223 g/mol. The normalized spacial score (nSPS) is 15.2. The number of hydrogen-bond donors (Lipinski definition) is 1. The van der Waals surface area contributed by atoms with E-state index >= 15 is 0 Å². The highest BCUT2D eigenvalue weighted by Crippen LogP contribution is 2.31. The lowest BCUT2D eigenvalue weighted by Gasteiger charge is -2.19. The van der Waals surface area contributed by atoms with Crippen LogP contribution in [0.2, 0.25) is 10.0 Å². The molecular formula is C10H12Cl2O2. The van der Waals surface area contributed by atoms with E-state index in [9.17, 15) is 5.11 Å². The lowest BCUT2D eigenvalue weighted by atomic mass is 10.1. The minimum atomic E-state index is -0.758. The van der Waals surface area contributed by atoms with Gasteiger partial charge in [-0.3, -0.25) is 0 Å². The molecule has 4 heteroatoms. The van der Waals surface area contributed by atoms with Gasteiger partial charge < -0.3 is 9.84 Å². The average molecular weight is 235 g/mol. The fourth-order valence-electron chi connectivity index (χ4n) is 1.13. The molecule has 0 aliphatic heterocycles. The van der Waals surface area contributed by atoms with Gasteiger partial charge in [0.15, 0.2) is 0 Å². The highest BCUT2D eigenvalue weighted by molar-refractivity contribution is 6.42. The number of ether oxygens (including phenoxy) is 1. The molecule has 1 N–H and O–H groups in total. The molecule has 0 heterocycles. The van der Waals surface area contributed by atoms with Crippen molar-refractivity contribution >= 4 is 23.2 Å². The zero-order valence-corrected chi connectivity index (χ0v) is 9.51. The summed E-state index contributed by atoms with van der Waals surface area (Å²) < 4.78 is 5.01. The van der Waals surface area contributed by atoms with Crippen LogP contribution in [0.15, 0.2) is 18.2 Å². The van der Waals surface area contributed by atoms with Crippen LogP contribution in [-0.4, -0.2) is 18.3 Å². The van der Waals surface area contributed by atoms with E-state index in [0.29, 0.717) is 15.6 Å². The van der Waals surface area contributed by atoms with E-state index in [4.69, 9.17) is 27.9 Å². The van der Waals surface area contributed by atoms with E-state index in [1.165, 1.54) is 7.11 Å². The van der Waals surface area contributed by atoms with Crippen molar-refractivity contribution in [3.8, 4) is 0 Å². The summed E-state index contributed by atoms with van der Waals surface area (Å²) in [4.78, 5) is 0. The maximum absolute atomic E-state index is 9.83. The lowest BCUT2D eigenvalue weighted by molar-refractivity contribution is -0.00137. The first-order chi connectivity index (χ1) is 6.57. The van der Waals surface area contributed by atoms with Crippen LogP contribution in [0.25, 0.3) is 0 Å². The Hall–Kier alpha value is -0.280. The molecule has 1 aromatic carbocycles. The molecule has 0 aromatic heterocycles. The third-order valence-electron chi connectivity index (χ3n) is 2.12. The van der Waals surface area contributed by atoms with E-state index < -0.39 is 6.10 Å². The maximum Gasteiger partial charge on any atom is 0.106 e. The van der Waals surface area contributed by atoms with E-state index in [1.54, 1.807) is 25.1 Å². The van der Waals surface area contributed by atoms with E-state index in [2.05, 4.69) is 0 Å². The highest BCUT2D eigenvalue weighted by atomic mass is 35.5. The van der Waals surface area contributed by atoms with Gasteiger partial charge in [-0.25, -0.2) is 0 Å². The molecule has 0 spiro atoms. The molecule has 1 aromatic rings. The Morgan fingerprint density at radius 2 is 2.00 bits per heavy atom. The number of benzene rings is 1. The molecule has 0 saturated carbocycles. The molecule has 0 saturated heterocycles. The quantitative estimate of drug-likeness (QED) is 0.872. The Kier molecular flexibility index (Phi) is 4.20. The van der Waals surface area contributed by atoms with Crippen molar-refractivity contribution in [1.82, 2.24) is 0 Å². The molecule has 0 amide bonds. The zero-order chi connectivity index (χ0) is 10.7. The molecule has 0 aliphatic rings. The van der Waals surface area contributed by atoms with Crippen LogP contribution < -0.4 is 0 Å². The number of aliphatic hydroxyl groups is 1. The SMILES string of the molecule is COC(C)C(O)c1cccc(Cl)c1Cl. The van der Waals surface area contributed by atoms with Crippen molar-refractivity contribution in [2.45, 2.75) is 19.1 Å². The lowest BCUT2D eigenvalue weighted by Crippen LogP contribution is -2.17.